The van der Waals surface area contributed by atoms with Crippen LogP contribution in [0.4, 0.5) is 0 Å². The van der Waals surface area contributed by atoms with Crippen molar-refractivity contribution in [3.8, 4) is 17.1 Å². The molecule has 0 saturated carbocycles. The monoisotopic (exact) mass is 330 g/mol. The van der Waals surface area contributed by atoms with Gasteiger partial charge in [-0.25, -0.2) is 9.97 Å². The van der Waals surface area contributed by atoms with Gasteiger partial charge in [0.25, 0.3) is 0 Å². The van der Waals surface area contributed by atoms with E-state index in [0.29, 0.717) is 0 Å². The largest absolute Gasteiger partial charge is 0.331 e. The molecule has 25 heavy (non-hydrogen) atoms. The van der Waals surface area contributed by atoms with Crippen molar-refractivity contribution in [2.45, 2.75) is 27.7 Å². The Morgan fingerprint density at radius 3 is 2.40 bits per heavy atom. The van der Waals surface area contributed by atoms with Gasteiger partial charge >= 0.3 is 0 Å². The van der Waals surface area contributed by atoms with Crippen molar-refractivity contribution in [2.75, 3.05) is 0 Å². The van der Waals surface area contributed by atoms with Crippen LogP contribution in [0.1, 0.15) is 22.5 Å². The number of benzene rings is 2. The van der Waals surface area contributed by atoms with Crippen LogP contribution >= 0.6 is 0 Å². The summed E-state index contributed by atoms with van der Waals surface area (Å²) in [7, 11) is 2.06. The van der Waals surface area contributed by atoms with Crippen LogP contribution < -0.4 is 0 Å². The lowest BCUT2D eigenvalue weighted by Gasteiger charge is -2.16. The molecule has 2 heterocycles. The van der Waals surface area contributed by atoms with Gasteiger partial charge in [0.2, 0.25) is 0 Å². The molecule has 0 radical (unpaired) electrons. The second-order valence-electron chi connectivity index (χ2n) is 6.76. The molecule has 0 amide bonds. The molecule has 2 aromatic heterocycles. The normalized spacial score (nSPS) is 11.4. The first-order valence-corrected chi connectivity index (χ1v) is 8.51. The maximum absolute atomic E-state index is 4.69. The molecule has 0 atom stereocenters. The lowest BCUT2D eigenvalue weighted by Crippen LogP contribution is -2.03. The molecule has 0 aliphatic heterocycles. The van der Waals surface area contributed by atoms with Gasteiger partial charge in [0, 0.05) is 25.0 Å². The number of hydrogen-bond acceptors (Lipinski definition) is 2. The Kier molecular flexibility index (Phi) is 3.49. The van der Waals surface area contributed by atoms with Crippen molar-refractivity contribution in [3.05, 3.63) is 65.2 Å². The molecular formula is C21H22N4. The Hall–Kier alpha value is -2.88. The Balaban J connectivity index is 2.02. The van der Waals surface area contributed by atoms with E-state index in [1.165, 1.54) is 22.4 Å². The fourth-order valence-electron chi connectivity index (χ4n) is 3.80. The first-order chi connectivity index (χ1) is 12.0. The first-order valence-electron chi connectivity index (χ1n) is 8.51. The van der Waals surface area contributed by atoms with Crippen LogP contribution in [0, 0.1) is 27.7 Å². The highest BCUT2D eigenvalue weighted by atomic mass is 15.1. The summed E-state index contributed by atoms with van der Waals surface area (Å²) in [6, 6.07) is 10.7. The van der Waals surface area contributed by atoms with Gasteiger partial charge in [-0.15, -0.1) is 0 Å². The number of nitrogens with zero attached hydrogens (tertiary/aromatic N) is 4. The van der Waals surface area contributed by atoms with Gasteiger partial charge in [-0.05, 0) is 51.0 Å². The lowest BCUT2D eigenvalue weighted by molar-refractivity contribution is 0.885. The molecule has 4 heteroatoms. The summed E-state index contributed by atoms with van der Waals surface area (Å²) >= 11 is 0. The third-order valence-electron chi connectivity index (χ3n) is 4.88. The minimum Gasteiger partial charge on any atom is -0.331 e. The summed E-state index contributed by atoms with van der Waals surface area (Å²) in [5.41, 5.74) is 8.22. The number of aryl methyl sites for hydroxylation is 5. The fraction of sp³-hybridized carbons (Fsp3) is 0.238. The number of hydrogen-bond donors (Lipinski definition) is 0. The molecule has 4 aromatic rings. The van der Waals surface area contributed by atoms with Crippen molar-refractivity contribution < 1.29 is 0 Å². The number of rotatable bonds is 2. The standard InChI is InChI=1S/C21H22N4/c1-13-11-14(2)19(15(3)12-13)25-10-9-22-21(25)17-7-6-8-18-20(17)24(5)16(4)23-18/h6-12H,1-5H3. The molecule has 4 nitrogen and oxygen atoms in total. The Labute approximate surface area is 147 Å². The summed E-state index contributed by atoms with van der Waals surface area (Å²) in [5, 5.41) is 0. The molecule has 0 aliphatic carbocycles. The number of imidazole rings is 2. The maximum atomic E-state index is 4.69. The third kappa shape index (κ3) is 2.37. The minimum absolute atomic E-state index is 0.948. The highest BCUT2D eigenvalue weighted by Gasteiger charge is 2.17. The summed E-state index contributed by atoms with van der Waals surface area (Å²) in [6.45, 7) is 8.49. The van der Waals surface area contributed by atoms with Gasteiger partial charge in [0.1, 0.15) is 11.6 Å². The summed E-state index contributed by atoms with van der Waals surface area (Å²) in [6.07, 6.45) is 3.91. The van der Waals surface area contributed by atoms with Gasteiger partial charge in [-0.2, -0.15) is 0 Å². The van der Waals surface area contributed by atoms with Crippen LogP contribution in [0.2, 0.25) is 0 Å². The van der Waals surface area contributed by atoms with E-state index in [-0.39, 0.29) is 0 Å². The SMILES string of the molecule is Cc1cc(C)c(-n2ccnc2-c2cccc3nc(C)n(C)c23)c(C)c1. The van der Waals surface area contributed by atoms with Gasteiger partial charge in [-0.3, -0.25) is 4.57 Å². The average molecular weight is 330 g/mol. The molecule has 0 fully saturated rings. The molecule has 0 aliphatic rings. The van der Waals surface area contributed by atoms with Crippen molar-refractivity contribution >= 4 is 11.0 Å². The van der Waals surface area contributed by atoms with E-state index in [9.17, 15) is 0 Å². The number of para-hydroxylation sites is 1. The van der Waals surface area contributed by atoms with Crippen molar-refractivity contribution in [3.63, 3.8) is 0 Å². The Bertz CT molecular complexity index is 1080. The predicted octanol–water partition coefficient (Wildman–Crippen LogP) is 4.66. The van der Waals surface area contributed by atoms with Crippen LogP contribution in [0.3, 0.4) is 0 Å². The molecule has 2 aromatic carbocycles. The van der Waals surface area contributed by atoms with Crippen molar-refractivity contribution in [1.29, 1.82) is 0 Å². The van der Waals surface area contributed by atoms with Crippen LogP contribution in [0.25, 0.3) is 28.1 Å². The zero-order chi connectivity index (χ0) is 17.7. The second kappa shape index (κ2) is 5.59. The number of fused-ring (bicyclic) bond motifs is 1. The molecule has 0 bridgehead atoms. The van der Waals surface area contributed by atoms with Crippen molar-refractivity contribution in [2.24, 2.45) is 7.05 Å². The van der Waals surface area contributed by atoms with E-state index < -0.39 is 0 Å². The average Bonchev–Trinajstić information content (AvgIpc) is 3.12. The van der Waals surface area contributed by atoms with Crippen LogP contribution in [0.5, 0.6) is 0 Å². The summed E-state index contributed by atoms with van der Waals surface area (Å²) in [5.74, 6) is 1.95. The Morgan fingerprint density at radius 1 is 0.960 bits per heavy atom. The van der Waals surface area contributed by atoms with Gasteiger partial charge in [-0.1, -0.05) is 23.8 Å². The van der Waals surface area contributed by atoms with E-state index in [1.807, 2.05) is 19.3 Å². The number of aromatic nitrogens is 4. The zero-order valence-corrected chi connectivity index (χ0v) is 15.3. The molecule has 0 spiro atoms. The Morgan fingerprint density at radius 2 is 1.68 bits per heavy atom. The topological polar surface area (TPSA) is 35.6 Å². The molecular weight excluding hydrogens is 308 g/mol. The third-order valence-corrected chi connectivity index (χ3v) is 4.88. The van der Waals surface area contributed by atoms with E-state index in [0.717, 1.165) is 28.2 Å². The lowest BCUT2D eigenvalue weighted by atomic mass is 10.0. The second-order valence-corrected chi connectivity index (χ2v) is 6.76. The van der Waals surface area contributed by atoms with Crippen LogP contribution in [0.15, 0.2) is 42.7 Å². The minimum atomic E-state index is 0.948. The molecule has 126 valence electrons. The summed E-state index contributed by atoms with van der Waals surface area (Å²) in [4.78, 5) is 9.35. The molecule has 0 N–H and O–H groups in total. The smallest absolute Gasteiger partial charge is 0.146 e. The molecule has 0 unspecified atom stereocenters. The van der Waals surface area contributed by atoms with Gasteiger partial charge in [0.15, 0.2) is 0 Å². The zero-order valence-electron chi connectivity index (χ0n) is 15.3. The van der Waals surface area contributed by atoms with E-state index in [4.69, 9.17) is 0 Å². The van der Waals surface area contributed by atoms with Gasteiger partial charge in [0.05, 0.1) is 16.7 Å². The maximum Gasteiger partial charge on any atom is 0.146 e. The molecule has 0 saturated heterocycles. The van der Waals surface area contributed by atoms with Gasteiger partial charge < -0.3 is 4.57 Å². The molecule has 4 rings (SSSR count). The quantitative estimate of drug-likeness (QED) is 0.536. The van der Waals surface area contributed by atoms with Crippen LogP contribution in [-0.2, 0) is 7.05 Å². The van der Waals surface area contributed by atoms with E-state index in [1.54, 1.807) is 0 Å². The first kappa shape index (κ1) is 15.6. The predicted molar refractivity (Wildman–Crippen MR) is 102 cm³/mol. The highest BCUT2D eigenvalue weighted by Crippen LogP contribution is 2.31. The summed E-state index contributed by atoms with van der Waals surface area (Å²) < 4.78 is 4.33. The van der Waals surface area contributed by atoms with Crippen molar-refractivity contribution in [1.82, 2.24) is 19.1 Å². The van der Waals surface area contributed by atoms with Crippen LogP contribution in [-0.4, -0.2) is 19.1 Å². The van der Waals surface area contributed by atoms with E-state index >= 15 is 0 Å². The van der Waals surface area contributed by atoms with E-state index in [2.05, 4.69) is 77.3 Å². The highest BCUT2D eigenvalue weighted by molar-refractivity contribution is 5.91. The fourth-order valence-corrected chi connectivity index (χ4v) is 3.80.